The van der Waals surface area contributed by atoms with Gasteiger partial charge in [-0.3, -0.25) is 0 Å². The van der Waals surface area contributed by atoms with Crippen LogP contribution in [-0.2, 0) is 10.1 Å². The van der Waals surface area contributed by atoms with E-state index in [2.05, 4.69) is 6.92 Å². The van der Waals surface area contributed by atoms with Crippen LogP contribution in [0.4, 0.5) is 0 Å². The van der Waals surface area contributed by atoms with E-state index in [4.69, 9.17) is 0 Å². The summed E-state index contributed by atoms with van der Waals surface area (Å²) in [5, 5.41) is -0.893. The topological polar surface area (TPSA) is 57.2 Å². The second-order valence-corrected chi connectivity index (χ2v) is 9.33. The predicted molar refractivity (Wildman–Crippen MR) is 114 cm³/mol. The van der Waals surface area contributed by atoms with Crippen LogP contribution >= 0.6 is 0 Å². The Balaban J connectivity index is 0.00000729. The number of hydrogen-bond donors (Lipinski definition) is 0. The van der Waals surface area contributed by atoms with E-state index >= 15 is 0 Å². The van der Waals surface area contributed by atoms with Gasteiger partial charge in [0.2, 0.25) is 0 Å². The maximum Gasteiger partial charge on any atom is 1.00 e. The van der Waals surface area contributed by atoms with Crippen molar-refractivity contribution in [1.82, 2.24) is 0 Å². The Bertz CT molecular complexity index is 560. The van der Waals surface area contributed by atoms with E-state index in [0.717, 1.165) is 19.3 Å². The third kappa shape index (κ3) is 14.2. The maximum absolute atomic E-state index is 11.5. The van der Waals surface area contributed by atoms with E-state index in [0.29, 0.717) is 12.0 Å². The van der Waals surface area contributed by atoms with Crippen molar-refractivity contribution in [2.45, 2.75) is 108 Å². The SMILES string of the molecule is CCCCCCCCCCCCCCCCC(c1ccccc1)S(=O)(=O)[O-].[Na+]. The van der Waals surface area contributed by atoms with Crippen molar-refractivity contribution in [2.24, 2.45) is 0 Å². The van der Waals surface area contributed by atoms with Crippen LogP contribution < -0.4 is 29.6 Å². The fraction of sp³-hybridized carbons (Fsp3) is 0.739. The molecule has 0 spiro atoms. The molecule has 0 aliphatic rings. The Hall–Kier alpha value is 0.130. The van der Waals surface area contributed by atoms with Gasteiger partial charge in [0.25, 0.3) is 0 Å². The molecule has 1 aromatic carbocycles. The predicted octanol–water partition coefficient (Wildman–Crippen LogP) is 4.15. The molecule has 3 nitrogen and oxygen atoms in total. The minimum Gasteiger partial charge on any atom is -0.747 e. The van der Waals surface area contributed by atoms with Crippen LogP contribution in [0.3, 0.4) is 0 Å². The summed E-state index contributed by atoms with van der Waals surface area (Å²) in [5.41, 5.74) is 0.627. The molecule has 5 heteroatoms. The van der Waals surface area contributed by atoms with Gasteiger partial charge >= 0.3 is 29.6 Å². The van der Waals surface area contributed by atoms with E-state index in [1.165, 1.54) is 70.6 Å². The first kappa shape index (κ1) is 28.1. The van der Waals surface area contributed by atoms with E-state index in [1.54, 1.807) is 24.3 Å². The molecule has 0 amide bonds. The zero-order valence-electron chi connectivity index (χ0n) is 18.2. The quantitative estimate of drug-likeness (QED) is 0.217. The fourth-order valence-electron chi connectivity index (χ4n) is 3.67. The van der Waals surface area contributed by atoms with Crippen LogP contribution in [0.1, 0.15) is 114 Å². The van der Waals surface area contributed by atoms with Crippen molar-refractivity contribution < 1.29 is 42.5 Å². The molecule has 1 atom stereocenters. The van der Waals surface area contributed by atoms with Gasteiger partial charge in [-0.15, -0.1) is 0 Å². The smallest absolute Gasteiger partial charge is 0.747 e. The molecule has 0 heterocycles. The minimum absolute atomic E-state index is 0. The van der Waals surface area contributed by atoms with Crippen molar-refractivity contribution in [1.29, 1.82) is 0 Å². The molecule has 0 aliphatic heterocycles. The molecule has 28 heavy (non-hydrogen) atoms. The summed E-state index contributed by atoms with van der Waals surface area (Å²) in [5.74, 6) is 0. The summed E-state index contributed by atoms with van der Waals surface area (Å²) >= 11 is 0. The number of hydrogen-bond acceptors (Lipinski definition) is 3. The van der Waals surface area contributed by atoms with Crippen LogP contribution in [0.5, 0.6) is 0 Å². The van der Waals surface area contributed by atoms with Gasteiger partial charge in [0.1, 0.15) is 10.1 Å². The summed E-state index contributed by atoms with van der Waals surface area (Å²) in [6, 6.07) is 8.90. The van der Waals surface area contributed by atoms with E-state index in [-0.39, 0.29) is 29.6 Å². The van der Waals surface area contributed by atoms with Crippen molar-refractivity contribution in [3.63, 3.8) is 0 Å². The Kier molecular flexibility index (Phi) is 18.0. The van der Waals surface area contributed by atoms with Crippen LogP contribution in [0, 0.1) is 0 Å². The van der Waals surface area contributed by atoms with Crippen LogP contribution in [0.15, 0.2) is 30.3 Å². The summed E-state index contributed by atoms with van der Waals surface area (Å²) in [7, 11) is -4.29. The zero-order chi connectivity index (χ0) is 19.8. The third-order valence-electron chi connectivity index (χ3n) is 5.34. The van der Waals surface area contributed by atoms with Crippen LogP contribution in [0.25, 0.3) is 0 Å². The minimum atomic E-state index is -4.29. The van der Waals surface area contributed by atoms with E-state index < -0.39 is 15.4 Å². The summed E-state index contributed by atoms with van der Waals surface area (Å²) in [6.45, 7) is 2.26. The molecule has 0 bridgehead atoms. The van der Waals surface area contributed by atoms with Gasteiger partial charge in [-0.25, -0.2) is 8.42 Å². The first-order chi connectivity index (χ1) is 13.1. The second-order valence-electron chi connectivity index (χ2n) is 7.78. The Labute approximate surface area is 196 Å². The van der Waals surface area contributed by atoms with Gasteiger partial charge in [-0.1, -0.05) is 127 Å². The van der Waals surface area contributed by atoms with Gasteiger partial charge < -0.3 is 4.55 Å². The molecule has 0 saturated heterocycles. The summed E-state index contributed by atoms with van der Waals surface area (Å²) < 4.78 is 34.6. The number of rotatable bonds is 17. The van der Waals surface area contributed by atoms with Crippen molar-refractivity contribution in [3.05, 3.63) is 35.9 Å². The Morgan fingerprint density at radius 1 is 0.714 bits per heavy atom. The zero-order valence-corrected chi connectivity index (χ0v) is 21.0. The molecule has 0 radical (unpaired) electrons. The van der Waals surface area contributed by atoms with Crippen molar-refractivity contribution >= 4 is 10.1 Å². The van der Waals surface area contributed by atoms with Crippen molar-refractivity contribution in [3.8, 4) is 0 Å². The summed E-state index contributed by atoms with van der Waals surface area (Å²) in [6.07, 6.45) is 18.2. The summed E-state index contributed by atoms with van der Waals surface area (Å²) in [4.78, 5) is 0. The van der Waals surface area contributed by atoms with Gasteiger partial charge in [-0.05, 0) is 12.0 Å². The van der Waals surface area contributed by atoms with E-state index in [9.17, 15) is 13.0 Å². The van der Waals surface area contributed by atoms with Gasteiger partial charge in [0.05, 0.1) is 5.25 Å². The molecule has 1 rings (SSSR count). The first-order valence-electron chi connectivity index (χ1n) is 11.1. The Morgan fingerprint density at radius 2 is 1.11 bits per heavy atom. The molecule has 0 aliphatic carbocycles. The third-order valence-corrected chi connectivity index (χ3v) is 6.54. The van der Waals surface area contributed by atoms with Gasteiger partial charge in [0.15, 0.2) is 0 Å². The largest absolute Gasteiger partial charge is 1.00 e. The van der Waals surface area contributed by atoms with E-state index in [1.807, 2.05) is 6.07 Å². The Morgan fingerprint density at radius 3 is 1.50 bits per heavy atom. The molecule has 0 aromatic heterocycles. The van der Waals surface area contributed by atoms with Gasteiger partial charge in [0, 0.05) is 0 Å². The van der Waals surface area contributed by atoms with Crippen molar-refractivity contribution in [2.75, 3.05) is 0 Å². The molecule has 156 valence electrons. The first-order valence-corrected chi connectivity index (χ1v) is 12.5. The van der Waals surface area contributed by atoms with Crippen LogP contribution in [-0.4, -0.2) is 13.0 Å². The number of unbranched alkanes of at least 4 members (excludes halogenated alkanes) is 13. The van der Waals surface area contributed by atoms with Gasteiger partial charge in [-0.2, -0.15) is 0 Å². The molecule has 0 fully saturated rings. The van der Waals surface area contributed by atoms with Crippen LogP contribution in [0.2, 0.25) is 0 Å². The molecule has 0 saturated carbocycles. The average Bonchev–Trinajstić information content (AvgIpc) is 2.64. The molecule has 0 N–H and O–H groups in total. The monoisotopic (exact) mass is 418 g/mol. The second kappa shape index (κ2) is 17.9. The average molecular weight is 419 g/mol. The maximum atomic E-state index is 11.5. The number of benzene rings is 1. The molecule has 1 unspecified atom stereocenters. The normalized spacial score (nSPS) is 12.5. The molecular weight excluding hydrogens is 379 g/mol. The fourth-order valence-corrected chi connectivity index (χ4v) is 4.62. The standard InChI is InChI=1S/C23H40O3S.Na/c1-2-3-4-5-6-7-8-9-10-11-12-13-14-18-21-23(27(24,25)26)22-19-16-15-17-20-22;/h15-17,19-20,23H,2-14,18,21H2,1H3,(H,24,25,26);/q;+1/p-1. The molecular formula is C23H39NaO3S. The molecule has 1 aromatic rings.